The van der Waals surface area contributed by atoms with Crippen LogP contribution in [-0.4, -0.2) is 33.6 Å². The zero-order valence-corrected chi connectivity index (χ0v) is 14.5. The van der Waals surface area contributed by atoms with Gasteiger partial charge in [-0.25, -0.2) is 9.48 Å². The zero-order valence-electron chi connectivity index (χ0n) is 14.5. The Bertz CT molecular complexity index is 647. The van der Waals surface area contributed by atoms with Crippen LogP contribution in [0.5, 0.6) is 0 Å². The second-order valence-electron chi connectivity index (χ2n) is 7.05. The van der Waals surface area contributed by atoms with Gasteiger partial charge in [0.1, 0.15) is 0 Å². The lowest BCUT2D eigenvalue weighted by atomic mass is 9.88. The van der Waals surface area contributed by atoms with E-state index in [1.54, 1.807) is 10.9 Å². The van der Waals surface area contributed by atoms with Crippen LogP contribution in [0.1, 0.15) is 32.8 Å². The van der Waals surface area contributed by atoms with E-state index >= 15 is 0 Å². The molecule has 0 aliphatic carbocycles. The van der Waals surface area contributed by atoms with Crippen molar-refractivity contribution in [1.82, 2.24) is 20.4 Å². The summed E-state index contributed by atoms with van der Waals surface area (Å²) >= 11 is 0. The SMILES string of the molecule is CC(C)(C)CC(CO)NC(=O)NCc1ccccc1-n1cccn1. The normalized spacial score (nSPS) is 12.7. The number of hydrogen-bond donors (Lipinski definition) is 3. The number of benzene rings is 1. The van der Waals surface area contributed by atoms with Crippen molar-refractivity contribution in [2.75, 3.05) is 6.61 Å². The maximum atomic E-state index is 12.1. The summed E-state index contributed by atoms with van der Waals surface area (Å²) in [6.45, 7) is 6.55. The summed E-state index contributed by atoms with van der Waals surface area (Å²) in [7, 11) is 0. The van der Waals surface area contributed by atoms with Crippen molar-refractivity contribution in [3.63, 3.8) is 0 Å². The van der Waals surface area contributed by atoms with Gasteiger partial charge in [0.25, 0.3) is 0 Å². The summed E-state index contributed by atoms with van der Waals surface area (Å²) < 4.78 is 1.77. The number of aliphatic hydroxyl groups excluding tert-OH is 1. The number of carbonyl (C=O) groups excluding carboxylic acids is 1. The molecule has 130 valence electrons. The van der Waals surface area contributed by atoms with Crippen molar-refractivity contribution in [1.29, 1.82) is 0 Å². The molecule has 2 amide bonds. The molecule has 6 nitrogen and oxygen atoms in total. The van der Waals surface area contributed by atoms with Crippen molar-refractivity contribution >= 4 is 6.03 Å². The third-order valence-corrected chi connectivity index (χ3v) is 3.60. The Kier molecular flexibility index (Phi) is 5.98. The fraction of sp³-hybridized carbons (Fsp3) is 0.444. The fourth-order valence-electron chi connectivity index (χ4n) is 2.61. The third-order valence-electron chi connectivity index (χ3n) is 3.60. The van der Waals surface area contributed by atoms with Crippen LogP contribution in [0, 0.1) is 5.41 Å². The van der Waals surface area contributed by atoms with Crippen LogP contribution in [0.2, 0.25) is 0 Å². The average Bonchev–Trinajstić information content (AvgIpc) is 3.05. The van der Waals surface area contributed by atoms with Crippen LogP contribution in [0.4, 0.5) is 4.79 Å². The Balaban J connectivity index is 1.95. The van der Waals surface area contributed by atoms with Gasteiger partial charge in [-0.1, -0.05) is 39.0 Å². The Morgan fingerprint density at radius 1 is 1.29 bits per heavy atom. The summed E-state index contributed by atoms with van der Waals surface area (Å²) in [5.74, 6) is 0. The van der Waals surface area contributed by atoms with Gasteiger partial charge in [-0.2, -0.15) is 5.10 Å². The average molecular weight is 330 g/mol. The van der Waals surface area contributed by atoms with E-state index in [1.807, 2.05) is 36.5 Å². The van der Waals surface area contributed by atoms with E-state index < -0.39 is 0 Å². The first-order valence-electron chi connectivity index (χ1n) is 8.12. The third kappa shape index (κ3) is 5.38. The molecule has 6 heteroatoms. The first-order chi connectivity index (χ1) is 11.4. The molecular weight excluding hydrogens is 304 g/mol. The van der Waals surface area contributed by atoms with Gasteiger partial charge in [0.2, 0.25) is 0 Å². The van der Waals surface area contributed by atoms with Crippen LogP contribution >= 0.6 is 0 Å². The minimum Gasteiger partial charge on any atom is -0.394 e. The maximum absolute atomic E-state index is 12.1. The molecule has 0 aliphatic rings. The Morgan fingerprint density at radius 3 is 2.67 bits per heavy atom. The molecule has 2 rings (SSSR count). The van der Waals surface area contributed by atoms with E-state index in [4.69, 9.17) is 0 Å². The van der Waals surface area contributed by atoms with Gasteiger partial charge in [-0.05, 0) is 29.5 Å². The lowest BCUT2D eigenvalue weighted by Crippen LogP contribution is -2.45. The van der Waals surface area contributed by atoms with Crippen molar-refractivity contribution in [3.8, 4) is 5.69 Å². The molecule has 0 bridgehead atoms. The van der Waals surface area contributed by atoms with Gasteiger partial charge in [0.15, 0.2) is 0 Å². The number of aliphatic hydroxyl groups is 1. The van der Waals surface area contributed by atoms with Crippen molar-refractivity contribution < 1.29 is 9.90 Å². The van der Waals surface area contributed by atoms with Crippen LogP contribution in [0.15, 0.2) is 42.7 Å². The van der Waals surface area contributed by atoms with Crippen LogP contribution in [0.3, 0.4) is 0 Å². The van der Waals surface area contributed by atoms with Gasteiger partial charge >= 0.3 is 6.03 Å². The molecule has 2 aromatic rings. The van der Waals surface area contributed by atoms with Crippen LogP contribution in [0.25, 0.3) is 5.69 Å². The maximum Gasteiger partial charge on any atom is 0.315 e. The molecule has 1 aromatic carbocycles. The highest BCUT2D eigenvalue weighted by Crippen LogP contribution is 2.20. The lowest BCUT2D eigenvalue weighted by Gasteiger charge is -2.25. The van der Waals surface area contributed by atoms with Gasteiger partial charge in [-0.3, -0.25) is 0 Å². The first-order valence-corrected chi connectivity index (χ1v) is 8.12. The topological polar surface area (TPSA) is 79.2 Å². The van der Waals surface area contributed by atoms with E-state index in [-0.39, 0.29) is 24.1 Å². The highest BCUT2D eigenvalue weighted by Gasteiger charge is 2.19. The van der Waals surface area contributed by atoms with E-state index in [9.17, 15) is 9.90 Å². The van der Waals surface area contributed by atoms with Gasteiger partial charge in [0.05, 0.1) is 18.3 Å². The quantitative estimate of drug-likeness (QED) is 0.761. The number of para-hydroxylation sites is 1. The molecule has 1 unspecified atom stereocenters. The molecule has 1 aromatic heterocycles. The van der Waals surface area contributed by atoms with Gasteiger partial charge in [0, 0.05) is 18.9 Å². The van der Waals surface area contributed by atoms with Gasteiger partial charge < -0.3 is 15.7 Å². The van der Waals surface area contributed by atoms with Crippen molar-refractivity contribution in [3.05, 3.63) is 48.3 Å². The Morgan fingerprint density at radius 2 is 2.04 bits per heavy atom. The summed E-state index contributed by atoms with van der Waals surface area (Å²) in [6.07, 6.45) is 4.29. The minimum atomic E-state index is -0.284. The number of nitrogens with zero attached hydrogens (tertiary/aromatic N) is 2. The predicted octanol–water partition coefficient (Wildman–Crippen LogP) is 2.47. The largest absolute Gasteiger partial charge is 0.394 e. The summed E-state index contributed by atoms with van der Waals surface area (Å²) in [5.41, 5.74) is 1.93. The number of nitrogens with one attached hydrogen (secondary N) is 2. The molecule has 24 heavy (non-hydrogen) atoms. The Hall–Kier alpha value is -2.34. The number of rotatable bonds is 6. The van der Waals surface area contributed by atoms with Crippen LogP contribution in [-0.2, 0) is 6.54 Å². The first kappa shape index (κ1) is 18.0. The molecule has 1 atom stereocenters. The lowest BCUT2D eigenvalue weighted by molar-refractivity contribution is 0.190. The molecule has 0 fully saturated rings. The predicted molar refractivity (Wildman–Crippen MR) is 93.9 cm³/mol. The highest BCUT2D eigenvalue weighted by atomic mass is 16.3. The number of carbonyl (C=O) groups is 1. The molecule has 0 spiro atoms. The molecule has 0 saturated carbocycles. The monoisotopic (exact) mass is 330 g/mol. The van der Waals surface area contributed by atoms with Crippen LogP contribution < -0.4 is 10.6 Å². The molecule has 3 N–H and O–H groups in total. The van der Waals surface area contributed by atoms with E-state index in [2.05, 4.69) is 36.5 Å². The number of hydrogen-bond acceptors (Lipinski definition) is 3. The summed E-state index contributed by atoms with van der Waals surface area (Å²) in [6, 6.07) is 9.09. The summed E-state index contributed by atoms with van der Waals surface area (Å²) in [4.78, 5) is 12.1. The smallest absolute Gasteiger partial charge is 0.315 e. The second kappa shape index (κ2) is 7.97. The Labute approximate surface area is 142 Å². The highest BCUT2D eigenvalue weighted by molar-refractivity contribution is 5.74. The molecule has 0 aliphatic heterocycles. The van der Waals surface area contributed by atoms with E-state index in [0.717, 1.165) is 11.3 Å². The van der Waals surface area contributed by atoms with E-state index in [0.29, 0.717) is 13.0 Å². The van der Waals surface area contributed by atoms with Crippen molar-refractivity contribution in [2.24, 2.45) is 5.41 Å². The van der Waals surface area contributed by atoms with E-state index in [1.165, 1.54) is 0 Å². The zero-order chi connectivity index (χ0) is 17.6. The number of urea groups is 1. The fourth-order valence-corrected chi connectivity index (χ4v) is 2.61. The molecular formula is C18H26N4O2. The standard InChI is InChI=1S/C18H26N4O2/c1-18(2,3)11-15(13-23)21-17(24)19-12-14-7-4-5-8-16(14)22-10-6-9-20-22/h4-10,15,23H,11-13H2,1-3H3,(H2,19,21,24). The molecule has 1 heterocycles. The molecule has 0 saturated heterocycles. The van der Waals surface area contributed by atoms with Crippen molar-refractivity contribution in [2.45, 2.75) is 39.8 Å². The molecule has 0 radical (unpaired) electrons. The van der Waals surface area contributed by atoms with Gasteiger partial charge in [-0.15, -0.1) is 0 Å². The number of amides is 2. The summed E-state index contributed by atoms with van der Waals surface area (Å²) in [5, 5.41) is 19.3. The number of aromatic nitrogens is 2. The minimum absolute atomic E-state index is 0.0351. The second-order valence-corrected chi connectivity index (χ2v) is 7.05.